The molecule has 2 rings (SSSR count). The fourth-order valence-electron chi connectivity index (χ4n) is 1.87. The van der Waals surface area contributed by atoms with Crippen LogP contribution in [0, 0.1) is 0 Å². The van der Waals surface area contributed by atoms with Crippen LogP contribution in [0.25, 0.3) is 0 Å². The van der Waals surface area contributed by atoms with Gasteiger partial charge in [0.05, 0.1) is 19.9 Å². The van der Waals surface area contributed by atoms with Crippen molar-refractivity contribution in [3.05, 3.63) is 59.7 Å². The average molecular weight is 298 g/mol. The number of nitrogens with one attached hydrogen (secondary N) is 1. The molecule has 0 heterocycles. The van der Waals surface area contributed by atoms with Crippen molar-refractivity contribution in [3.8, 4) is 11.5 Å². The van der Waals surface area contributed by atoms with Gasteiger partial charge < -0.3 is 9.47 Å². The zero-order valence-corrected chi connectivity index (χ0v) is 12.6. The first-order chi connectivity index (χ1) is 10.7. The molecule has 0 aliphatic carbocycles. The third kappa shape index (κ3) is 4.09. The minimum atomic E-state index is -0.283. The molecule has 0 saturated heterocycles. The van der Waals surface area contributed by atoms with E-state index in [4.69, 9.17) is 9.47 Å². The van der Waals surface area contributed by atoms with Crippen LogP contribution in [0.1, 0.15) is 22.8 Å². The van der Waals surface area contributed by atoms with Crippen molar-refractivity contribution in [1.82, 2.24) is 5.43 Å². The number of hydrazone groups is 1. The van der Waals surface area contributed by atoms with Crippen LogP contribution in [0.3, 0.4) is 0 Å². The minimum Gasteiger partial charge on any atom is -0.496 e. The topological polar surface area (TPSA) is 59.9 Å². The molecule has 0 aliphatic heterocycles. The lowest BCUT2D eigenvalue weighted by molar-refractivity contribution is 0.0955. The predicted molar refractivity (Wildman–Crippen MR) is 85.7 cm³/mol. The summed E-state index contributed by atoms with van der Waals surface area (Å²) in [6.07, 6.45) is 1.55. The van der Waals surface area contributed by atoms with Crippen LogP contribution >= 0.6 is 0 Å². The maximum atomic E-state index is 12.0. The smallest absolute Gasteiger partial charge is 0.271 e. The molecule has 0 spiro atoms. The molecule has 1 amide bonds. The van der Waals surface area contributed by atoms with Crippen molar-refractivity contribution in [2.75, 3.05) is 13.7 Å². The molecule has 5 heteroatoms. The monoisotopic (exact) mass is 298 g/mol. The van der Waals surface area contributed by atoms with Crippen LogP contribution in [-0.2, 0) is 0 Å². The van der Waals surface area contributed by atoms with Gasteiger partial charge in [-0.05, 0) is 43.3 Å². The Morgan fingerprint density at radius 2 is 1.91 bits per heavy atom. The van der Waals surface area contributed by atoms with Gasteiger partial charge in [-0.3, -0.25) is 4.79 Å². The maximum absolute atomic E-state index is 12.0. The zero-order valence-electron chi connectivity index (χ0n) is 12.6. The number of rotatable bonds is 6. The molecule has 2 aromatic rings. The Kier molecular flexibility index (Phi) is 5.54. The second-order valence-corrected chi connectivity index (χ2v) is 4.40. The highest BCUT2D eigenvalue weighted by Gasteiger charge is 2.04. The number of methoxy groups -OCH3 is 1. The van der Waals surface area contributed by atoms with Crippen molar-refractivity contribution < 1.29 is 14.3 Å². The Hall–Kier alpha value is -2.82. The Balaban J connectivity index is 1.98. The molecular formula is C17H18N2O3. The van der Waals surface area contributed by atoms with Crippen molar-refractivity contribution >= 4 is 12.1 Å². The molecule has 0 aromatic heterocycles. The fourth-order valence-corrected chi connectivity index (χ4v) is 1.87. The van der Waals surface area contributed by atoms with E-state index in [1.165, 1.54) is 0 Å². The molecule has 0 atom stereocenters. The first-order valence-corrected chi connectivity index (χ1v) is 6.94. The fraction of sp³-hybridized carbons (Fsp3) is 0.176. The molecule has 22 heavy (non-hydrogen) atoms. The third-order valence-electron chi connectivity index (χ3n) is 2.94. The highest BCUT2D eigenvalue weighted by Crippen LogP contribution is 2.14. The van der Waals surface area contributed by atoms with E-state index in [0.29, 0.717) is 17.9 Å². The maximum Gasteiger partial charge on any atom is 0.271 e. The quantitative estimate of drug-likeness (QED) is 0.659. The van der Waals surface area contributed by atoms with Gasteiger partial charge in [-0.15, -0.1) is 0 Å². The van der Waals surface area contributed by atoms with Crippen LogP contribution in [0.2, 0.25) is 0 Å². The molecule has 0 aliphatic rings. The summed E-state index contributed by atoms with van der Waals surface area (Å²) < 4.78 is 10.5. The minimum absolute atomic E-state index is 0.283. The number of carbonyl (C=O) groups is 1. The number of nitrogens with zero attached hydrogens (tertiary/aromatic N) is 1. The SMILES string of the molecule is CCOc1ccc(C(=O)N/N=C/c2ccccc2OC)cc1. The number of hydrogen-bond acceptors (Lipinski definition) is 4. The lowest BCUT2D eigenvalue weighted by Gasteiger charge is -2.05. The number of benzene rings is 2. The van der Waals surface area contributed by atoms with Crippen LogP contribution in [-0.4, -0.2) is 25.8 Å². The van der Waals surface area contributed by atoms with Crippen molar-refractivity contribution in [2.45, 2.75) is 6.92 Å². The van der Waals surface area contributed by atoms with Crippen LogP contribution in [0.5, 0.6) is 11.5 Å². The number of hydrogen-bond donors (Lipinski definition) is 1. The largest absolute Gasteiger partial charge is 0.496 e. The van der Waals surface area contributed by atoms with Crippen molar-refractivity contribution in [1.29, 1.82) is 0 Å². The predicted octanol–water partition coefficient (Wildman–Crippen LogP) is 2.86. The Morgan fingerprint density at radius 1 is 1.18 bits per heavy atom. The lowest BCUT2D eigenvalue weighted by atomic mass is 10.2. The molecule has 5 nitrogen and oxygen atoms in total. The van der Waals surface area contributed by atoms with E-state index in [1.54, 1.807) is 37.6 Å². The summed E-state index contributed by atoms with van der Waals surface area (Å²) in [6.45, 7) is 2.50. The Bertz CT molecular complexity index is 651. The number of amides is 1. The van der Waals surface area contributed by atoms with E-state index in [0.717, 1.165) is 11.3 Å². The third-order valence-corrected chi connectivity index (χ3v) is 2.94. The molecule has 0 fully saturated rings. The van der Waals surface area contributed by atoms with Gasteiger partial charge in [0, 0.05) is 11.1 Å². The Labute approximate surface area is 129 Å². The second kappa shape index (κ2) is 7.83. The normalized spacial score (nSPS) is 10.5. The van der Waals surface area contributed by atoms with Gasteiger partial charge in [0.2, 0.25) is 0 Å². The summed E-state index contributed by atoms with van der Waals surface area (Å²) in [5, 5.41) is 3.95. The average Bonchev–Trinajstić information content (AvgIpc) is 2.56. The summed E-state index contributed by atoms with van der Waals surface area (Å²) in [6, 6.07) is 14.3. The molecule has 0 bridgehead atoms. The molecule has 0 saturated carbocycles. The summed E-state index contributed by atoms with van der Waals surface area (Å²) >= 11 is 0. The molecule has 0 unspecified atom stereocenters. The van der Waals surface area contributed by atoms with E-state index in [9.17, 15) is 4.79 Å². The van der Waals surface area contributed by atoms with Gasteiger partial charge in [-0.2, -0.15) is 5.10 Å². The molecule has 0 radical (unpaired) electrons. The first-order valence-electron chi connectivity index (χ1n) is 6.94. The van der Waals surface area contributed by atoms with Gasteiger partial charge in [0.15, 0.2) is 0 Å². The lowest BCUT2D eigenvalue weighted by Crippen LogP contribution is -2.17. The number of para-hydroxylation sites is 1. The highest BCUT2D eigenvalue weighted by atomic mass is 16.5. The van der Waals surface area contributed by atoms with Gasteiger partial charge in [0.25, 0.3) is 5.91 Å². The number of carbonyl (C=O) groups excluding carboxylic acids is 1. The second-order valence-electron chi connectivity index (χ2n) is 4.40. The summed E-state index contributed by atoms with van der Waals surface area (Å²) in [5.41, 5.74) is 3.79. The summed E-state index contributed by atoms with van der Waals surface area (Å²) in [5.74, 6) is 1.15. The van der Waals surface area contributed by atoms with Gasteiger partial charge in [-0.1, -0.05) is 12.1 Å². The summed E-state index contributed by atoms with van der Waals surface area (Å²) in [4.78, 5) is 12.0. The van der Waals surface area contributed by atoms with E-state index in [-0.39, 0.29) is 5.91 Å². The Morgan fingerprint density at radius 3 is 2.59 bits per heavy atom. The first kappa shape index (κ1) is 15.6. The van der Waals surface area contributed by atoms with Crippen molar-refractivity contribution in [3.63, 3.8) is 0 Å². The van der Waals surface area contributed by atoms with E-state index in [2.05, 4.69) is 10.5 Å². The van der Waals surface area contributed by atoms with Crippen LogP contribution < -0.4 is 14.9 Å². The van der Waals surface area contributed by atoms with Crippen molar-refractivity contribution in [2.24, 2.45) is 5.10 Å². The molecule has 1 N–H and O–H groups in total. The van der Waals surface area contributed by atoms with E-state index >= 15 is 0 Å². The summed E-state index contributed by atoms with van der Waals surface area (Å²) in [7, 11) is 1.59. The standard InChI is InChI=1S/C17H18N2O3/c1-3-22-15-10-8-13(9-11-15)17(20)19-18-12-14-6-4-5-7-16(14)21-2/h4-12H,3H2,1-2H3,(H,19,20)/b18-12+. The molecule has 2 aromatic carbocycles. The van der Waals surface area contributed by atoms with Crippen LogP contribution in [0.15, 0.2) is 53.6 Å². The van der Waals surface area contributed by atoms with Gasteiger partial charge in [-0.25, -0.2) is 5.43 Å². The highest BCUT2D eigenvalue weighted by molar-refractivity contribution is 5.95. The molecular weight excluding hydrogens is 280 g/mol. The van der Waals surface area contributed by atoms with Gasteiger partial charge in [0.1, 0.15) is 11.5 Å². The zero-order chi connectivity index (χ0) is 15.8. The molecule has 114 valence electrons. The van der Waals surface area contributed by atoms with Crippen LogP contribution in [0.4, 0.5) is 0 Å². The van der Waals surface area contributed by atoms with E-state index in [1.807, 2.05) is 31.2 Å². The van der Waals surface area contributed by atoms with Gasteiger partial charge >= 0.3 is 0 Å². The number of ether oxygens (including phenoxy) is 2. The van der Waals surface area contributed by atoms with E-state index < -0.39 is 0 Å².